The first-order chi connectivity index (χ1) is 31.8. The molecule has 0 spiro atoms. The molecule has 0 aliphatic carbocycles. The van der Waals surface area contributed by atoms with E-state index in [0.29, 0.717) is 10.7 Å². The molecule has 2 heterocycles. The zero-order valence-corrected chi connectivity index (χ0v) is 39.6. The van der Waals surface area contributed by atoms with Crippen molar-refractivity contribution in [1.29, 1.82) is 0 Å². The Balaban J connectivity index is 0.000000392. The van der Waals surface area contributed by atoms with Crippen LogP contribution in [-0.4, -0.2) is 124 Å². The second-order valence-corrected chi connectivity index (χ2v) is 18.1. The van der Waals surface area contributed by atoms with Gasteiger partial charge in [0, 0.05) is 32.0 Å². The Hall–Kier alpha value is -6.85. The molecule has 0 saturated heterocycles. The summed E-state index contributed by atoms with van der Waals surface area (Å²) in [6, 6.07) is 4.41. The molecular formula is C36H40Cl2F3N8O18PS. The fourth-order valence-corrected chi connectivity index (χ4v) is 7.30. The molecule has 0 fully saturated rings. The summed E-state index contributed by atoms with van der Waals surface area (Å²) in [6.45, 7) is 3.99. The Labute approximate surface area is 397 Å². The second-order valence-electron chi connectivity index (χ2n) is 13.2. The van der Waals surface area contributed by atoms with Gasteiger partial charge in [-0.15, -0.1) is 0 Å². The fraction of sp³-hybridized carbons (Fsp3) is 0.333. The van der Waals surface area contributed by atoms with E-state index < -0.39 is 103 Å². The van der Waals surface area contributed by atoms with Crippen molar-refractivity contribution in [2.45, 2.75) is 43.6 Å². The summed E-state index contributed by atoms with van der Waals surface area (Å²) < 4.78 is 101. The van der Waals surface area contributed by atoms with Gasteiger partial charge in [0.05, 0.1) is 42.4 Å². The fourth-order valence-electron chi connectivity index (χ4n) is 4.75. The third-order valence-electron chi connectivity index (χ3n) is 7.92. The molecule has 4 aromatic rings. The third-order valence-corrected chi connectivity index (χ3v) is 11.0. The van der Waals surface area contributed by atoms with E-state index in [2.05, 4.69) is 20.4 Å². The highest BCUT2D eigenvalue weighted by atomic mass is 35.5. The molecule has 2 aromatic heterocycles. The highest BCUT2D eigenvalue weighted by molar-refractivity contribution is 7.90. The molecule has 0 saturated carbocycles. The number of carboxylic acids is 2. The van der Waals surface area contributed by atoms with Gasteiger partial charge >= 0.3 is 36.1 Å². The monoisotopic (exact) mass is 1060 g/mol. The summed E-state index contributed by atoms with van der Waals surface area (Å²) >= 11 is 11.5. The van der Waals surface area contributed by atoms with Gasteiger partial charge in [-0.1, -0.05) is 23.2 Å². The van der Waals surface area contributed by atoms with Crippen LogP contribution in [0.4, 0.5) is 29.6 Å². The number of aromatic carboxylic acids is 1. The number of halogens is 5. The number of hydrogen-bond donors (Lipinski definition) is 6. The van der Waals surface area contributed by atoms with Crippen molar-refractivity contribution in [2.75, 3.05) is 39.0 Å². The lowest BCUT2D eigenvalue weighted by Crippen LogP contribution is -2.36. The number of ether oxygens (including phenoxy) is 5. The van der Waals surface area contributed by atoms with E-state index in [4.69, 9.17) is 67.7 Å². The van der Waals surface area contributed by atoms with Gasteiger partial charge in [0.2, 0.25) is 17.7 Å². The molecule has 3 atom stereocenters. The van der Waals surface area contributed by atoms with E-state index >= 15 is 0 Å². The zero-order chi connectivity index (χ0) is 52.8. The minimum absolute atomic E-state index is 0.0398. The Morgan fingerprint density at radius 1 is 1.03 bits per heavy atom. The van der Waals surface area contributed by atoms with Gasteiger partial charge in [-0.3, -0.25) is 29.5 Å². The number of methoxy groups -OCH3 is 2. The number of aliphatic carboxylic acids is 1. The van der Waals surface area contributed by atoms with E-state index in [1.807, 2.05) is 0 Å². The van der Waals surface area contributed by atoms with Gasteiger partial charge in [0.1, 0.15) is 28.7 Å². The third kappa shape index (κ3) is 18.0. The van der Waals surface area contributed by atoms with Crippen molar-refractivity contribution in [2.24, 2.45) is 12.8 Å². The van der Waals surface area contributed by atoms with E-state index in [0.717, 1.165) is 37.4 Å². The van der Waals surface area contributed by atoms with Gasteiger partial charge in [0.15, 0.2) is 23.7 Å². The molecule has 0 aliphatic rings. The number of nitrogens with zero attached hydrogens (tertiary/aromatic N) is 5. The number of carbonyl (C=O) groups is 5. The van der Waals surface area contributed by atoms with Crippen LogP contribution in [0.15, 0.2) is 47.5 Å². The minimum Gasteiger partial charge on any atom is -0.481 e. The first-order valence-electron chi connectivity index (χ1n) is 18.6. The van der Waals surface area contributed by atoms with Crippen LogP contribution in [0.2, 0.25) is 10.2 Å². The number of aryl methyl sites for hydroxylation is 1. The van der Waals surface area contributed by atoms with Crippen molar-refractivity contribution >= 4 is 82.1 Å². The summed E-state index contributed by atoms with van der Waals surface area (Å²) in [6.07, 6.45) is -5.94. The number of aromatic nitrogens is 4. The summed E-state index contributed by atoms with van der Waals surface area (Å²) in [5.74, 6) is -5.35. The molecular weight excluding hydrogens is 1020 g/mol. The topological polar surface area (TPSA) is 380 Å². The number of hydrogen-bond acceptors (Lipinski definition) is 19. The lowest BCUT2D eigenvalue weighted by Gasteiger charge is -2.13. The first-order valence-corrected chi connectivity index (χ1v) is 23.1. The van der Waals surface area contributed by atoms with Gasteiger partial charge < -0.3 is 44.5 Å². The van der Waals surface area contributed by atoms with Crippen molar-refractivity contribution in [3.8, 4) is 23.3 Å². The molecule has 0 radical (unpaired) electrons. The Kier molecular flexibility index (Phi) is 21.1. The largest absolute Gasteiger partial charge is 0.481 e. The molecule has 0 bridgehead atoms. The number of sulfonamides is 1. The van der Waals surface area contributed by atoms with Crippen LogP contribution in [0, 0.1) is 10.1 Å². The van der Waals surface area contributed by atoms with Crippen LogP contribution in [0.3, 0.4) is 0 Å². The predicted molar refractivity (Wildman–Crippen MR) is 232 cm³/mol. The number of esters is 2. The number of amides is 2. The number of nitro groups is 1. The lowest BCUT2D eigenvalue weighted by molar-refractivity contribution is -0.385. The van der Waals surface area contributed by atoms with Crippen LogP contribution in [0.1, 0.15) is 46.5 Å². The Bertz CT molecular complexity index is 2700. The van der Waals surface area contributed by atoms with Gasteiger partial charge in [0.25, 0.3) is 15.7 Å². The van der Waals surface area contributed by atoms with Crippen LogP contribution < -0.4 is 30.0 Å². The zero-order valence-electron chi connectivity index (χ0n) is 36.3. The highest BCUT2D eigenvalue weighted by Gasteiger charge is 2.33. The van der Waals surface area contributed by atoms with E-state index in [1.165, 1.54) is 33.9 Å². The number of benzene rings is 2. The Morgan fingerprint density at radius 2 is 1.62 bits per heavy atom. The Morgan fingerprint density at radius 3 is 2.10 bits per heavy atom. The number of nitrogens with one attached hydrogen (secondary N) is 2. The van der Waals surface area contributed by atoms with Gasteiger partial charge in [-0.25, -0.2) is 23.9 Å². The minimum atomic E-state index is -4.64. The number of carbonyl (C=O) groups excluding carboxylic acids is 3. The molecule has 26 nitrogen and oxygen atoms in total. The SMILES string of the molecule is CCOC(=O)C(C)OC(=O)c1cc(Oc2ccc(C(F)(F)F)cc2Cl)ccc1[N+](=O)[O-].COc1cc(OC)nc(NC(=O)NS(=O)(=O)c2c(C(=O)O)c(Cl)nn2C)n1.CP(=O)(O)CCC(N)C(=O)O. The van der Waals surface area contributed by atoms with Gasteiger partial charge in [-0.05, 0) is 44.5 Å². The number of nitrogens with two attached hydrogens (primary N) is 1. The van der Waals surface area contributed by atoms with Crippen molar-refractivity contribution in [3.63, 3.8) is 0 Å². The number of alkyl halides is 3. The van der Waals surface area contributed by atoms with Crippen LogP contribution in [-0.2, 0) is 46.9 Å². The van der Waals surface area contributed by atoms with Crippen molar-refractivity contribution < 1.29 is 93.8 Å². The maximum Gasteiger partial charge on any atom is 0.416 e. The average Bonchev–Trinajstić information content (AvgIpc) is 3.56. The second kappa shape index (κ2) is 25.0. The number of anilines is 1. The van der Waals surface area contributed by atoms with Crippen molar-refractivity contribution in [1.82, 2.24) is 24.5 Å². The summed E-state index contributed by atoms with van der Waals surface area (Å²) in [5, 5.41) is 32.5. The quantitative estimate of drug-likeness (QED) is 0.0353. The highest BCUT2D eigenvalue weighted by Crippen LogP contribution is 2.38. The van der Waals surface area contributed by atoms with Crippen LogP contribution in [0.25, 0.3) is 0 Å². The maximum atomic E-state index is 12.8. The first kappa shape index (κ1) is 58.3. The lowest BCUT2D eigenvalue weighted by atomic mass is 10.1. The molecule has 3 unspecified atom stereocenters. The molecule has 0 aliphatic heterocycles. The molecule has 69 heavy (non-hydrogen) atoms. The maximum absolute atomic E-state index is 12.8. The van der Waals surface area contributed by atoms with E-state index in [-0.39, 0.29) is 53.4 Å². The molecule has 4 rings (SSSR count). The summed E-state index contributed by atoms with van der Waals surface area (Å²) in [7, 11) is -3.96. The number of nitro benzene ring substituents is 1. The number of urea groups is 1. The smallest absolute Gasteiger partial charge is 0.416 e. The number of carboxylic acid groups (broad SMARTS) is 2. The average molecular weight is 1060 g/mol. The molecule has 2 amide bonds. The number of rotatable bonds is 17. The molecule has 2 aromatic carbocycles. The van der Waals surface area contributed by atoms with Crippen LogP contribution >= 0.6 is 30.6 Å². The summed E-state index contributed by atoms with van der Waals surface area (Å²) in [5.41, 5.74) is 2.15. The van der Waals surface area contributed by atoms with Gasteiger partial charge in [-0.2, -0.15) is 36.7 Å². The van der Waals surface area contributed by atoms with E-state index in [1.54, 1.807) is 11.6 Å². The molecule has 33 heteroatoms. The summed E-state index contributed by atoms with van der Waals surface area (Å²) in [4.78, 5) is 84.1. The van der Waals surface area contributed by atoms with E-state index in [9.17, 15) is 60.2 Å². The standard InChI is InChI=1S/C19H15ClF3NO7.C12H13ClN6O7S.C5H12NO4P/c1-3-29-17(25)10(2)30-18(26)13-9-12(5-6-15(13)24(27)28)31-16-7-4-11(8-14(16)20)19(21,22)23;1-19-9(7(10(20)21)8(13)17-19)27(23,24)18-12(22)16-11-14-5(25-2)4-6(15-11)26-3;1-11(9,10)3-2-4(6)5(7)8/h4-10H,3H2,1-2H3;4H,1-3H3,(H,20,21)(H2,14,15,16,18,22);4H,2-3,6H2,1H3,(H,7,8)(H,9,10). The molecule has 7 N–H and O–H groups in total. The van der Waals surface area contributed by atoms with Crippen molar-refractivity contribution in [3.05, 3.63) is 79.4 Å². The van der Waals surface area contributed by atoms with Crippen LogP contribution in [0.5, 0.6) is 23.3 Å². The predicted octanol–water partition coefficient (Wildman–Crippen LogP) is 4.95. The molecule has 378 valence electrons. The normalized spacial score (nSPS) is 12.7.